The molecular formula is C19H24N2O. The SMILES string of the molecule is CC(NC(=O)C1(C#N)CCCC1)c1ccc2c(c1)CCCC2. The standard InChI is InChI=1S/C19H24N2O/c1-14(21-18(22)19(13-20)10-4-5-11-19)16-9-8-15-6-2-3-7-17(15)12-16/h8-9,12,14H,2-7,10-11H2,1H3,(H,21,22). The van der Waals surface area contributed by atoms with Crippen molar-refractivity contribution in [3.8, 4) is 6.07 Å². The van der Waals surface area contributed by atoms with Crippen LogP contribution >= 0.6 is 0 Å². The quantitative estimate of drug-likeness (QED) is 0.921. The van der Waals surface area contributed by atoms with Gasteiger partial charge in [0.2, 0.25) is 5.91 Å². The molecule has 1 aromatic rings. The van der Waals surface area contributed by atoms with Crippen molar-refractivity contribution in [2.75, 3.05) is 0 Å². The van der Waals surface area contributed by atoms with Gasteiger partial charge in [-0.2, -0.15) is 5.26 Å². The molecule has 1 atom stereocenters. The van der Waals surface area contributed by atoms with E-state index in [0.717, 1.165) is 24.8 Å². The van der Waals surface area contributed by atoms with Gasteiger partial charge in [0.1, 0.15) is 5.41 Å². The van der Waals surface area contributed by atoms with Gasteiger partial charge in [-0.3, -0.25) is 4.79 Å². The van der Waals surface area contributed by atoms with Gasteiger partial charge < -0.3 is 5.32 Å². The van der Waals surface area contributed by atoms with E-state index in [0.29, 0.717) is 12.8 Å². The molecule has 0 bridgehead atoms. The molecule has 1 saturated carbocycles. The number of aryl methyl sites for hydroxylation is 2. The van der Waals surface area contributed by atoms with Gasteiger partial charge in [0, 0.05) is 0 Å². The van der Waals surface area contributed by atoms with Gasteiger partial charge in [-0.15, -0.1) is 0 Å². The lowest BCUT2D eigenvalue weighted by molar-refractivity contribution is -0.128. The van der Waals surface area contributed by atoms with Gasteiger partial charge in [0.15, 0.2) is 0 Å². The van der Waals surface area contributed by atoms with Crippen molar-refractivity contribution in [3.63, 3.8) is 0 Å². The van der Waals surface area contributed by atoms with Crippen LogP contribution in [0.1, 0.15) is 68.2 Å². The summed E-state index contributed by atoms with van der Waals surface area (Å²) in [6.45, 7) is 2.02. The van der Waals surface area contributed by atoms with Crippen LogP contribution < -0.4 is 5.32 Å². The summed E-state index contributed by atoms with van der Waals surface area (Å²) in [5.74, 6) is -0.0854. The minimum absolute atomic E-state index is 0.0365. The Morgan fingerprint density at radius 3 is 2.55 bits per heavy atom. The molecule has 1 unspecified atom stereocenters. The molecule has 0 aliphatic heterocycles. The molecule has 3 nitrogen and oxygen atoms in total. The lowest BCUT2D eigenvalue weighted by Crippen LogP contribution is -2.39. The fraction of sp³-hybridized carbons (Fsp3) is 0.579. The fourth-order valence-electron chi connectivity index (χ4n) is 3.81. The van der Waals surface area contributed by atoms with E-state index in [4.69, 9.17) is 0 Å². The maximum absolute atomic E-state index is 12.5. The molecule has 3 heteroatoms. The monoisotopic (exact) mass is 296 g/mol. The third-order valence-corrected chi connectivity index (χ3v) is 5.33. The van der Waals surface area contributed by atoms with Crippen LogP contribution in [0.15, 0.2) is 18.2 Å². The first-order valence-corrected chi connectivity index (χ1v) is 8.48. The minimum Gasteiger partial charge on any atom is -0.348 e. The van der Waals surface area contributed by atoms with Crippen LogP contribution in [-0.4, -0.2) is 5.91 Å². The Hall–Kier alpha value is -1.82. The Labute approximate surface area is 132 Å². The highest BCUT2D eigenvalue weighted by Gasteiger charge is 2.41. The van der Waals surface area contributed by atoms with Crippen molar-refractivity contribution in [1.82, 2.24) is 5.32 Å². The van der Waals surface area contributed by atoms with Crippen LogP contribution in [0.3, 0.4) is 0 Å². The molecular weight excluding hydrogens is 272 g/mol. The fourth-order valence-corrected chi connectivity index (χ4v) is 3.81. The number of carbonyl (C=O) groups is 1. The van der Waals surface area contributed by atoms with Crippen molar-refractivity contribution >= 4 is 5.91 Å². The predicted molar refractivity (Wildman–Crippen MR) is 86.2 cm³/mol. The van der Waals surface area contributed by atoms with Gasteiger partial charge in [-0.25, -0.2) is 0 Å². The molecule has 0 heterocycles. The van der Waals surface area contributed by atoms with Gasteiger partial charge in [-0.05, 0) is 62.1 Å². The number of nitrogens with zero attached hydrogens (tertiary/aromatic N) is 1. The highest BCUT2D eigenvalue weighted by atomic mass is 16.2. The Kier molecular flexibility index (Phi) is 4.20. The second kappa shape index (κ2) is 6.12. The second-order valence-electron chi connectivity index (χ2n) is 6.83. The summed E-state index contributed by atoms with van der Waals surface area (Å²) in [5, 5.41) is 12.5. The van der Waals surface area contributed by atoms with Gasteiger partial charge in [-0.1, -0.05) is 31.0 Å². The molecule has 1 amide bonds. The number of nitrogens with one attached hydrogen (secondary N) is 1. The number of benzene rings is 1. The van der Waals surface area contributed by atoms with Crippen LogP contribution in [0.4, 0.5) is 0 Å². The molecule has 22 heavy (non-hydrogen) atoms. The zero-order valence-electron chi connectivity index (χ0n) is 13.3. The largest absolute Gasteiger partial charge is 0.348 e. The normalized spacial score (nSPS) is 20.7. The van der Waals surface area contributed by atoms with Crippen LogP contribution in [0.25, 0.3) is 0 Å². The first-order chi connectivity index (χ1) is 10.6. The highest BCUT2D eigenvalue weighted by molar-refractivity contribution is 5.86. The Bertz CT molecular complexity index is 608. The summed E-state index contributed by atoms with van der Waals surface area (Å²) in [5.41, 5.74) is 3.25. The van der Waals surface area contributed by atoms with E-state index in [1.807, 2.05) is 6.92 Å². The first kappa shape index (κ1) is 15.1. The molecule has 1 fully saturated rings. The molecule has 0 spiro atoms. The lowest BCUT2D eigenvalue weighted by atomic mass is 9.86. The number of nitriles is 1. The summed E-state index contributed by atoms with van der Waals surface area (Å²) >= 11 is 0. The van der Waals surface area contributed by atoms with Crippen molar-refractivity contribution in [3.05, 3.63) is 34.9 Å². The number of fused-ring (bicyclic) bond motifs is 1. The number of rotatable bonds is 3. The molecule has 2 aliphatic rings. The number of hydrogen-bond acceptors (Lipinski definition) is 2. The highest BCUT2D eigenvalue weighted by Crippen LogP contribution is 2.38. The predicted octanol–water partition coefficient (Wildman–Crippen LogP) is 3.83. The number of hydrogen-bond donors (Lipinski definition) is 1. The Morgan fingerprint density at radius 1 is 1.18 bits per heavy atom. The van der Waals surface area contributed by atoms with Crippen LogP contribution in [0, 0.1) is 16.7 Å². The van der Waals surface area contributed by atoms with Crippen molar-refractivity contribution in [2.24, 2.45) is 5.41 Å². The van der Waals surface area contributed by atoms with Crippen LogP contribution in [0.5, 0.6) is 0 Å². The van der Waals surface area contributed by atoms with E-state index in [1.165, 1.54) is 30.4 Å². The summed E-state index contributed by atoms with van der Waals surface area (Å²) < 4.78 is 0. The lowest BCUT2D eigenvalue weighted by Gasteiger charge is -2.24. The first-order valence-electron chi connectivity index (χ1n) is 8.48. The summed E-state index contributed by atoms with van der Waals surface area (Å²) in [6.07, 6.45) is 8.22. The van der Waals surface area contributed by atoms with E-state index in [2.05, 4.69) is 29.6 Å². The topological polar surface area (TPSA) is 52.9 Å². The molecule has 2 aliphatic carbocycles. The minimum atomic E-state index is -0.789. The maximum Gasteiger partial charge on any atom is 0.240 e. The third kappa shape index (κ3) is 2.75. The van der Waals surface area contributed by atoms with Crippen LogP contribution in [0.2, 0.25) is 0 Å². The number of amides is 1. The van der Waals surface area contributed by atoms with E-state index in [1.54, 1.807) is 0 Å². The molecule has 1 N–H and O–H groups in total. The van der Waals surface area contributed by atoms with Crippen molar-refractivity contribution in [1.29, 1.82) is 5.26 Å². The Morgan fingerprint density at radius 2 is 1.86 bits per heavy atom. The van der Waals surface area contributed by atoms with Gasteiger partial charge in [0.25, 0.3) is 0 Å². The van der Waals surface area contributed by atoms with Crippen molar-refractivity contribution < 1.29 is 4.79 Å². The number of carbonyl (C=O) groups excluding carboxylic acids is 1. The summed E-state index contributed by atoms with van der Waals surface area (Å²) in [4.78, 5) is 12.5. The van der Waals surface area contributed by atoms with E-state index >= 15 is 0 Å². The smallest absolute Gasteiger partial charge is 0.240 e. The third-order valence-electron chi connectivity index (χ3n) is 5.33. The van der Waals surface area contributed by atoms with Gasteiger partial charge in [0.05, 0.1) is 12.1 Å². The molecule has 0 saturated heterocycles. The second-order valence-corrected chi connectivity index (χ2v) is 6.83. The molecule has 1 aromatic carbocycles. The Balaban J connectivity index is 1.73. The average molecular weight is 296 g/mol. The van der Waals surface area contributed by atoms with E-state index < -0.39 is 5.41 Å². The van der Waals surface area contributed by atoms with E-state index in [-0.39, 0.29) is 11.9 Å². The van der Waals surface area contributed by atoms with Crippen LogP contribution in [-0.2, 0) is 17.6 Å². The summed E-state index contributed by atoms with van der Waals surface area (Å²) in [6, 6.07) is 8.82. The molecule has 0 radical (unpaired) electrons. The molecule has 116 valence electrons. The van der Waals surface area contributed by atoms with E-state index in [9.17, 15) is 10.1 Å². The molecule has 3 rings (SSSR count). The zero-order chi connectivity index (χ0) is 15.6. The molecule has 0 aromatic heterocycles. The maximum atomic E-state index is 12.5. The summed E-state index contributed by atoms with van der Waals surface area (Å²) in [7, 11) is 0. The zero-order valence-corrected chi connectivity index (χ0v) is 13.3. The average Bonchev–Trinajstić information content (AvgIpc) is 3.04. The van der Waals surface area contributed by atoms with Crippen molar-refractivity contribution in [2.45, 2.75) is 64.3 Å². The van der Waals surface area contributed by atoms with Gasteiger partial charge >= 0.3 is 0 Å².